The average molecular weight is 326 g/mol. The number of hydrogen-bond acceptors (Lipinski definition) is 3. The van der Waals surface area contributed by atoms with Gasteiger partial charge in [0.25, 0.3) is 0 Å². The molecule has 0 aliphatic carbocycles. The molecule has 2 N–H and O–H groups in total. The van der Waals surface area contributed by atoms with Crippen molar-refractivity contribution >= 4 is 27.5 Å². The Morgan fingerprint density at radius 3 is 2.84 bits per heavy atom. The lowest BCUT2D eigenvalue weighted by Gasteiger charge is -2.45. The second-order valence-electron chi connectivity index (χ2n) is 5.05. The Kier molecular flexibility index (Phi) is 4.47. The van der Waals surface area contributed by atoms with Gasteiger partial charge < -0.3 is 15.5 Å². The van der Waals surface area contributed by atoms with Crippen molar-refractivity contribution in [3.05, 3.63) is 28.7 Å². The molecule has 1 aromatic carbocycles. The normalized spacial score (nSPS) is 23.9. The number of nitrogens with zero attached hydrogens (tertiary/aromatic N) is 2. The van der Waals surface area contributed by atoms with Gasteiger partial charge in [0.2, 0.25) is 5.91 Å². The SMILES string of the molecule is CC1CN(C)C(=O)C(CCN)N1c1cccc(Br)c1. The zero-order valence-electron chi connectivity index (χ0n) is 11.3. The number of amides is 1. The summed E-state index contributed by atoms with van der Waals surface area (Å²) in [6.45, 7) is 3.40. The number of nitrogens with two attached hydrogens (primary N) is 1. The van der Waals surface area contributed by atoms with Gasteiger partial charge in [-0.05, 0) is 38.1 Å². The molecule has 0 aromatic heterocycles. The van der Waals surface area contributed by atoms with Gasteiger partial charge in [-0.1, -0.05) is 22.0 Å². The van der Waals surface area contributed by atoms with Gasteiger partial charge in [-0.15, -0.1) is 0 Å². The molecule has 1 aliphatic rings. The molecular weight excluding hydrogens is 306 g/mol. The summed E-state index contributed by atoms with van der Waals surface area (Å²) in [5, 5.41) is 0. The highest BCUT2D eigenvalue weighted by Crippen LogP contribution is 2.28. The second kappa shape index (κ2) is 5.92. The standard InChI is InChI=1S/C14H20BrN3O/c1-10-9-17(2)14(19)13(6-7-16)18(10)12-5-3-4-11(15)8-12/h3-5,8,10,13H,6-7,9,16H2,1-2H3. The Labute approximate surface area is 122 Å². The molecule has 0 saturated carbocycles. The molecule has 104 valence electrons. The lowest BCUT2D eigenvalue weighted by atomic mass is 10.0. The first-order valence-corrected chi connectivity index (χ1v) is 7.33. The third-order valence-corrected chi connectivity index (χ3v) is 4.05. The van der Waals surface area contributed by atoms with Crippen LogP contribution in [0.25, 0.3) is 0 Å². The lowest BCUT2D eigenvalue weighted by molar-refractivity contribution is -0.133. The molecule has 1 saturated heterocycles. The number of rotatable bonds is 3. The van der Waals surface area contributed by atoms with Crippen molar-refractivity contribution in [3.8, 4) is 0 Å². The van der Waals surface area contributed by atoms with Gasteiger partial charge in [0.05, 0.1) is 0 Å². The number of carbonyl (C=O) groups excluding carboxylic acids is 1. The van der Waals surface area contributed by atoms with Crippen LogP contribution >= 0.6 is 15.9 Å². The van der Waals surface area contributed by atoms with Crippen LogP contribution in [0.3, 0.4) is 0 Å². The summed E-state index contributed by atoms with van der Waals surface area (Å²) in [6, 6.07) is 8.21. The Bertz CT molecular complexity index is 466. The van der Waals surface area contributed by atoms with Crippen molar-refractivity contribution in [1.29, 1.82) is 0 Å². The van der Waals surface area contributed by atoms with E-state index in [4.69, 9.17) is 5.73 Å². The first kappa shape index (κ1) is 14.3. The van der Waals surface area contributed by atoms with Crippen LogP contribution in [0.5, 0.6) is 0 Å². The molecule has 1 aliphatic heterocycles. The predicted octanol–water partition coefficient (Wildman–Crippen LogP) is 1.83. The van der Waals surface area contributed by atoms with Gasteiger partial charge in [-0.3, -0.25) is 4.79 Å². The minimum absolute atomic E-state index is 0.156. The first-order chi connectivity index (χ1) is 9.04. The van der Waals surface area contributed by atoms with E-state index in [1.807, 2.05) is 25.2 Å². The van der Waals surface area contributed by atoms with E-state index < -0.39 is 0 Å². The molecule has 0 spiro atoms. The van der Waals surface area contributed by atoms with E-state index in [1.54, 1.807) is 4.90 Å². The third-order valence-electron chi connectivity index (χ3n) is 3.56. The lowest BCUT2D eigenvalue weighted by Crippen LogP contribution is -2.60. The van der Waals surface area contributed by atoms with Gasteiger partial charge in [0.1, 0.15) is 6.04 Å². The number of benzene rings is 1. The van der Waals surface area contributed by atoms with E-state index >= 15 is 0 Å². The largest absolute Gasteiger partial charge is 0.355 e. The molecule has 0 radical (unpaired) electrons. The summed E-state index contributed by atoms with van der Waals surface area (Å²) in [5.74, 6) is 0.156. The Hall–Kier alpha value is -1.07. The van der Waals surface area contributed by atoms with Gasteiger partial charge in [0, 0.05) is 29.8 Å². The van der Waals surface area contributed by atoms with Crippen LogP contribution in [-0.2, 0) is 4.79 Å². The number of halogens is 1. The molecule has 0 bridgehead atoms. The Morgan fingerprint density at radius 1 is 1.47 bits per heavy atom. The van der Waals surface area contributed by atoms with Crippen LogP contribution < -0.4 is 10.6 Å². The number of anilines is 1. The summed E-state index contributed by atoms with van der Waals surface area (Å²) in [4.78, 5) is 16.3. The fourth-order valence-corrected chi connectivity index (χ4v) is 3.13. The molecule has 4 nitrogen and oxygen atoms in total. The van der Waals surface area contributed by atoms with Crippen molar-refractivity contribution in [1.82, 2.24) is 4.90 Å². The highest BCUT2D eigenvalue weighted by molar-refractivity contribution is 9.10. The Morgan fingerprint density at radius 2 is 2.21 bits per heavy atom. The van der Waals surface area contributed by atoms with Gasteiger partial charge in [-0.2, -0.15) is 0 Å². The zero-order valence-corrected chi connectivity index (χ0v) is 12.9. The maximum atomic E-state index is 12.3. The van der Waals surface area contributed by atoms with Crippen LogP contribution in [0, 0.1) is 0 Å². The van der Waals surface area contributed by atoms with E-state index in [0.29, 0.717) is 13.0 Å². The molecule has 1 heterocycles. The molecular formula is C14H20BrN3O. The van der Waals surface area contributed by atoms with Crippen LogP contribution in [0.15, 0.2) is 28.7 Å². The fraction of sp³-hybridized carbons (Fsp3) is 0.500. The first-order valence-electron chi connectivity index (χ1n) is 6.53. The monoisotopic (exact) mass is 325 g/mol. The van der Waals surface area contributed by atoms with Crippen LogP contribution in [0.4, 0.5) is 5.69 Å². The van der Waals surface area contributed by atoms with Crippen molar-refractivity contribution in [2.24, 2.45) is 5.73 Å². The van der Waals surface area contributed by atoms with Crippen LogP contribution in [0.2, 0.25) is 0 Å². The van der Waals surface area contributed by atoms with Crippen LogP contribution in [-0.4, -0.2) is 43.0 Å². The maximum Gasteiger partial charge on any atom is 0.245 e. The molecule has 1 fully saturated rings. The van der Waals surface area contributed by atoms with E-state index in [-0.39, 0.29) is 18.0 Å². The van der Waals surface area contributed by atoms with Crippen molar-refractivity contribution in [2.45, 2.75) is 25.4 Å². The molecule has 19 heavy (non-hydrogen) atoms. The summed E-state index contributed by atoms with van der Waals surface area (Å²) in [7, 11) is 1.86. The fourth-order valence-electron chi connectivity index (χ4n) is 2.75. The van der Waals surface area contributed by atoms with Crippen molar-refractivity contribution in [2.75, 3.05) is 25.0 Å². The topological polar surface area (TPSA) is 49.6 Å². The zero-order chi connectivity index (χ0) is 14.0. The van der Waals surface area contributed by atoms with Gasteiger partial charge in [0.15, 0.2) is 0 Å². The second-order valence-corrected chi connectivity index (χ2v) is 5.96. The van der Waals surface area contributed by atoms with E-state index in [0.717, 1.165) is 16.7 Å². The molecule has 1 aromatic rings. The Balaban J connectivity index is 2.36. The molecule has 2 rings (SSSR count). The highest BCUT2D eigenvalue weighted by Gasteiger charge is 2.36. The van der Waals surface area contributed by atoms with Gasteiger partial charge in [-0.25, -0.2) is 0 Å². The molecule has 2 atom stereocenters. The molecule has 2 unspecified atom stereocenters. The van der Waals surface area contributed by atoms with E-state index in [1.165, 1.54) is 0 Å². The minimum Gasteiger partial charge on any atom is -0.355 e. The minimum atomic E-state index is -0.159. The number of likely N-dealkylation sites (N-methyl/N-ethyl adjacent to an activating group) is 1. The average Bonchev–Trinajstić information content (AvgIpc) is 2.36. The number of carbonyl (C=O) groups is 1. The van der Waals surface area contributed by atoms with E-state index in [9.17, 15) is 4.79 Å². The predicted molar refractivity (Wildman–Crippen MR) is 81.2 cm³/mol. The summed E-state index contributed by atoms with van der Waals surface area (Å²) in [6.07, 6.45) is 0.681. The summed E-state index contributed by atoms with van der Waals surface area (Å²) >= 11 is 3.49. The molecule has 1 amide bonds. The summed E-state index contributed by atoms with van der Waals surface area (Å²) in [5.41, 5.74) is 6.75. The number of hydrogen-bond donors (Lipinski definition) is 1. The highest BCUT2D eigenvalue weighted by atomic mass is 79.9. The smallest absolute Gasteiger partial charge is 0.245 e. The number of piperazine rings is 1. The maximum absolute atomic E-state index is 12.3. The quantitative estimate of drug-likeness (QED) is 0.922. The van der Waals surface area contributed by atoms with Crippen molar-refractivity contribution in [3.63, 3.8) is 0 Å². The van der Waals surface area contributed by atoms with E-state index in [2.05, 4.69) is 33.8 Å². The van der Waals surface area contributed by atoms with Crippen LogP contribution in [0.1, 0.15) is 13.3 Å². The van der Waals surface area contributed by atoms with Gasteiger partial charge >= 0.3 is 0 Å². The van der Waals surface area contributed by atoms with Crippen molar-refractivity contribution < 1.29 is 4.79 Å². The third kappa shape index (κ3) is 2.92. The molecule has 5 heteroatoms. The summed E-state index contributed by atoms with van der Waals surface area (Å²) < 4.78 is 1.02.